The smallest absolute Gasteiger partial charge is 0.414 e. The Kier molecular flexibility index (Phi) is 4.37. The van der Waals surface area contributed by atoms with E-state index in [2.05, 4.69) is 5.09 Å². The molecule has 2 aliphatic heterocycles. The molecule has 2 unspecified atom stereocenters. The molecule has 1 aromatic rings. The van der Waals surface area contributed by atoms with Crippen LogP contribution in [-0.4, -0.2) is 44.5 Å². The van der Waals surface area contributed by atoms with Crippen LogP contribution in [0.1, 0.15) is 33.3 Å². The Bertz CT molecular complexity index is 784. The van der Waals surface area contributed by atoms with E-state index in [0.717, 1.165) is 0 Å². The Morgan fingerprint density at radius 2 is 1.73 bits per heavy atom. The third-order valence-electron chi connectivity index (χ3n) is 4.70. The Morgan fingerprint density at radius 1 is 1.23 bits per heavy atom. The largest absolute Gasteiger partial charge is 0.444 e. The molecule has 2 atom stereocenters. The summed E-state index contributed by atoms with van der Waals surface area (Å²) in [5.41, 5.74) is -0.344. The SMILES string of the molecule is CC1(C)CN1P(=O)(NC(=O)OCc1ccccc1[N+](=O)[O-])N1CC1(C)C. The molecule has 2 fully saturated rings. The highest BCUT2D eigenvalue weighted by molar-refractivity contribution is 7.58. The maximum absolute atomic E-state index is 13.5. The number of amides is 1. The molecule has 10 heteroatoms. The van der Waals surface area contributed by atoms with Crippen molar-refractivity contribution >= 4 is 19.4 Å². The number of nitro groups is 1. The molecule has 0 bridgehead atoms. The first-order chi connectivity index (χ1) is 12.0. The zero-order chi connectivity index (χ0) is 19.3. The van der Waals surface area contributed by atoms with Crippen LogP contribution in [0.25, 0.3) is 0 Å². The second kappa shape index (κ2) is 6.04. The lowest BCUT2D eigenvalue weighted by atomic mass is 10.2. The van der Waals surface area contributed by atoms with E-state index in [1.807, 2.05) is 27.7 Å². The quantitative estimate of drug-likeness (QED) is 0.349. The number of hydrogen-bond acceptors (Lipinski definition) is 5. The Morgan fingerprint density at radius 3 is 2.19 bits per heavy atom. The number of rotatable bonds is 6. The number of nitrogens with zero attached hydrogens (tertiary/aromatic N) is 3. The van der Waals surface area contributed by atoms with Gasteiger partial charge in [0, 0.05) is 30.2 Å². The van der Waals surface area contributed by atoms with Crippen LogP contribution < -0.4 is 5.09 Å². The molecule has 2 heterocycles. The molecule has 0 aromatic heterocycles. The van der Waals surface area contributed by atoms with Crippen molar-refractivity contribution in [1.29, 1.82) is 0 Å². The van der Waals surface area contributed by atoms with Gasteiger partial charge in [0.2, 0.25) is 0 Å². The van der Waals surface area contributed by atoms with Crippen LogP contribution in [0.2, 0.25) is 0 Å². The predicted molar refractivity (Wildman–Crippen MR) is 95.6 cm³/mol. The average molecular weight is 382 g/mol. The van der Waals surface area contributed by atoms with E-state index in [9.17, 15) is 19.5 Å². The summed E-state index contributed by atoms with van der Waals surface area (Å²) in [7, 11) is -3.28. The van der Waals surface area contributed by atoms with E-state index >= 15 is 0 Å². The van der Waals surface area contributed by atoms with Crippen molar-refractivity contribution in [3.8, 4) is 0 Å². The molecule has 2 aliphatic rings. The van der Waals surface area contributed by atoms with Gasteiger partial charge < -0.3 is 4.74 Å². The fourth-order valence-electron chi connectivity index (χ4n) is 2.94. The minimum Gasteiger partial charge on any atom is -0.444 e. The average Bonchev–Trinajstić information content (AvgIpc) is 3.40. The molecule has 0 spiro atoms. The van der Waals surface area contributed by atoms with Crippen molar-refractivity contribution < 1.29 is 19.0 Å². The highest BCUT2D eigenvalue weighted by atomic mass is 31.2. The maximum atomic E-state index is 13.5. The van der Waals surface area contributed by atoms with E-state index in [1.54, 1.807) is 21.5 Å². The molecule has 9 nitrogen and oxygen atoms in total. The summed E-state index contributed by atoms with van der Waals surface area (Å²) in [5, 5.41) is 13.5. The first-order valence-corrected chi connectivity index (χ1v) is 9.92. The van der Waals surface area contributed by atoms with Crippen molar-refractivity contribution in [2.24, 2.45) is 0 Å². The van der Waals surface area contributed by atoms with Crippen LogP contribution in [0.4, 0.5) is 10.5 Å². The monoisotopic (exact) mass is 382 g/mol. The van der Waals surface area contributed by atoms with Gasteiger partial charge in [-0.2, -0.15) is 0 Å². The lowest BCUT2D eigenvalue weighted by molar-refractivity contribution is -0.385. The highest BCUT2D eigenvalue weighted by Crippen LogP contribution is 2.67. The molecular weight excluding hydrogens is 359 g/mol. The molecule has 0 radical (unpaired) electrons. The number of carbonyl (C=O) groups excluding carboxylic acids is 1. The van der Waals surface area contributed by atoms with Gasteiger partial charge in [-0.25, -0.2) is 19.2 Å². The topological polar surface area (TPSA) is 105 Å². The van der Waals surface area contributed by atoms with E-state index in [0.29, 0.717) is 13.1 Å². The van der Waals surface area contributed by atoms with Crippen molar-refractivity contribution in [3.05, 3.63) is 39.9 Å². The second-order valence-electron chi connectivity index (χ2n) is 7.86. The third-order valence-corrected chi connectivity index (χ3v) is 7.85. The zero-order valence-electron chi connectivity index (χ0n) is 15.3. The molecule has 0 aliphatic carbocycles. The number of hydrogen-bond donors (Lipinski definition) is 1. The number of nitro benzene ring substituents is 1. The Hall–Kier alpha value is -1.96. The summed E-state index contributed by atoms with van der Waals surface area (Å²) in [6, 6.07) is 6.04. The van der Waals surface area contributed by atoms with Crippen molar-refractivity contribution in [2.75, 3.05) is 13.1 Å². The minimum atomic E-state index is -3.28. The van der Waals surface area contributed by atoms with Crippen LogP contribution in [0.5, 0.6) is 0 Å². The van der Waals surface area contributed by atoms with E-state index in [-0.39, 0.29) is 28.9 Å². The molecule has 3 rings (SSSR count). The van der Waals surface area contributed by atoms with E-state index in [4.69, 9.17) is 4.74 Å². The number of benzene rings is 1. The summed E-state index contributed by atoms with van der Waals surface area (Å²) < 4.78 is 22.2. The fourth-order valence-corrected chi connectivity index (χ4v) is 6.29. The van der Waals surface area contributed by atoms with Gasteiger partial charge in [-0.1, -0.05) is 12.1 Å². The van der Waals surface area contributed by atoms with Crippen molar-refractivity contribution in [3.63, 3.8) is 0 Å². The van der Waals surface area contributed by atoms with Gasteiger partial charge in [-0.05, 0) is 33.8 Å². The zero-order valence-corrected chi connectivity index (χ0v) is 16.2. The third kappa shape index (κ3) is 3.47. The van der Waals surface area contributed by atoms with E-state index in [1.165, 1.54) is 12.1 Å². The molecule has 1 N–H and O–H groups in total. The van der Waals surface area contributed by atoms with E-state index < -0.39 is 18.6 Å². The van der Waals surface area contributed by atoms with Crippen LogP contribution >= 0.6 is 7.59 Å². The van der Waals surface area contributed by atoms with Gasteiger partial charge in [0.05, 0.1) is 10.5 Å². The lowest BCUT2D eigenvalue weighted by Gasteiger charge is -2.25. The number of carbonyl (C=O) groups is 1. The highest BCUT2D eigenvalue weighted by Gasteiger charge is 2.65. The molecule has 26 heavy (non-hydrogen) atoms. The molecular formula is C16H23N4O5P. The minimum absolute atomic E-state index is 0.123. The maximum Gasteiger partial charge on any atom is 0.414 e. The van der Waals surface area contributed by atoms with Gasteiger partial charge in [0.15, 0.2) is 0 Å². The first kappa shape index (κ1) is 18.8. The van der Waals surface area contributed by atoms with Gasteiger partial charge in [-0.15, -0.1) is 0 Å². The summed E-state index contributed by atoms with van der Waals surface area (Å²) in [6.45, 7) is 8.78. The normalized spacial score (nSPS) is 27.1. The molecule has 1 aromatic carbocycles. The number of nitrogens with one attached hydrogen (secondary N) is 1. The molecule has 1 amide bonds. The van der Waals surface area contributed by atoms with Gasteiger partial charge in [0.1, 0.15) is 6.61 Å². The Labute approximate surface area is 152 Å². The number of para-hydroxylation sites is 1. The van der Waals surface area contributed by atoms with Gasteiger partial charge >= 0.3 is 13.7 Å². The van der Waals surface area contributed by atoms with Gasteiger partial charge in [0.25, 0.3) is 5.69 Å². The fraction of sp³-hybridized carbons (Fsp3) is 0.562. The summed E-state index contributed by atoms with van der Waals surface area (Å²) >= 11 is 0. The molecule has 0 saturated carbocycles. The summed E-state index contributed by atoms with van der Waals surface area (Å²) in [5.74, 6) is 0. The Balaban J connectivity index is 1.68. The van der Waals surface area contributed by atoms with Crippen molar-refractivity contribution in [2.45, 2.75) is 45.4 Å². The second-order valence-corrected chi connectivity index (χ2v) is 10.1. The summed E-state index contributed by atoms with van der Waals surface area (Å²) in [4.78, 5) is 22.8. The van der Waals surface area contributed by atoms with Crippen LogP contribution in [-0.2, 0) is 15.9 Å². The summed E-state index contributed by atoms with van der Waals surface area (Å²) in [6.07, 6.45) is -0.850. The number of ether oxygens (including phenoxy) is 1. The van der Waals surface area contributed by atoms with Crippen LogP contribution in [0.15, 0.2) is 24.3 Å². The molecule has 2 saturated heterocycles. The van der Waals surface area contributed by atoms with Crippen LogP contribution in [0, 0.1) is 10.1 Å². The molecule has 142 valence electrons. The van der Waals surface area contributed by atoms with Crippen molar-refractivity contribution in [1.82, 2.24) is 14.4 Å². The lowest BCUT2D eigenvalue weighted by Crippen LogP contribution is -2.31. The first-order valence-electron chi connectivity index (χ1n) is 8.31. The van der Waals surface area contributed by atoms with Crippen LogP contribution in [0.3, 0.4) is 0 Å². The standard InChI is InChI=1S/C16H23N4O5P/c1-15(2)10-18(15)26(24,19-11-16(19,3)4)17-14(21)25-9-12-7-5-6-8-13(12)20(22)23/h5-8H,9-11H2,1-4H3,(H,17,21,24). The predicted octanol–water partition coefficient (Wildman–Crippen LogP) is 3.12. The van der Waals surface area contributed by atoms with Gasteiger partial charge in [-0.3, -0.25) is 14.7 Å².